The third kappa shape index (κ3) is 4.67. The van der Waals surface area contributed by atoms with Crippen molar-refractivity contribution < 1.29 is 9.84 Å². The first-order valence-corrected chi connectivity index (χ1v) is 8.41. The van der Waals surface area contributed by atoms with E-state index >= 15 is 0 Å². The topological polar surface area (TPSA) is 35.9 Å². The molecule has 1 N–H and O–H groups in total. The summed E-state index contributed by atoms with van der Waals surface area (Å²) in [5, 5.41) is 11.1. The molecule has 1 aliphatic rings. The van der Waals surface area contributed by atoms with Gasteiger partial charge in [0.05, 0.1) is 12.7 Å². The van der Waals surface area contributed by atoms with Gasteiger partial charge in [-0.05, 0) is 12.5 Å². The van der Waals surface area contributed by atoms with Crippen LogP contribution in [0.5, 0.6) is 0 Å². The summed E-state index contributed by atoms with van der Waals surface area (Å²) in [6.45, 7) is 7.60. The molecule has 0 amide bonds. The summed E-state index contributed by atoms with van der Waals surface area (Å²) in [4.78, 5) is 4.83. The minimum Gasteiger partial charge on any atom is -0.387 e. The Hall–Kier alpha value is -0.650. The Morgan fingerprint density at radius 3 is 2.82 bits per heavy atom. The second-order valence-electron chi connectivity index (χ2n) is 5.89. The normalized spacial score (nSPS) is 21.9. The van der Waals surface area contributed by atoms with Crippen LogP contribution in [0, 0.1) is 0 Å². The number of aliphatic hydroxyl groups is 1. The third-order valence-electron chi connectivity index (χ3n) is 4.44. The van der Waals surface area contributed by atoms with Crippen molar-refractivity contribution >= 4 is 11.6 Å². The summed E-state index contributed by atoms with van der Waals surface area (Å²) in [6.07, 6.45) is 0.583. The molecule has 124 valence electrons. The first kappa shape index (κ1) is 17.7. The highest BCUT2D eigenvalue weighted by Crippen LogP contribution is 2.24. The van der Waals surface area contributed by atoms with Crippen molar-refractivity contribution in [1.82, 2.24) is 9.80 Å². The lowest BCUT2D eigenvalue weighted by molar-refractivity contribution is 0.0260. The number of rotatable bonds is 7. The Morgan fingerprint density at radius 2 is 2.14 bits per heavy atom. The van der Waals surface area contributed by atoms with Crippen LogP contribution in [0.2, 0.25) is 5.02 Å². The molecule has 5 heteroatoms. The fourth-order valence-corrected chi connectivity index (χ4v) is 3.36. The molecule has 0 aromatic heterocycles. The molecule has 1 fully saturated rings. The molecule has 0 saturated carbocycles. The molecule has 1 aromatic rings. The van der Waals surface area contributed by atoms with Crippen molar-refractivity contribution in [2.45, 2.75) is 25.5 Å². The number of benzene rings is 1. The van der Waals surface area contributed by atoms with Gasteiger partial charge >= 0.3 is 0 Å². The van der Waals surface area contributed by atoms with Crippen LogP contribution >= 0.6 is 11.6 Å². The number of nitrogens with zero attached hydrogens (tertiary/aromatic N) is 2. The summed E-state index contributed by atoms with van der Waals surface area (Å²) >= 11 is 6.17. The van der Waals surface area contributed by atoms with E-state index in [-0.39, 0.29) is 0 Å². The van der Waals surface area contributed by atoms with Gasteiger partial charge in [0.15, 0.2) is 0 Å². The molecule has 1 aromatic carbocycles. The molecule has 1 saturated heterocycles. The van der Waals surface area contributed by atoms with Crippen molar-refractivity contribution in [3.63, 3.8) is 0 Å². The number of piperazine rings is 1. The minimum absolute atomic E-state index is 0.530. The molecule has 2 atom stereocenters. The Balaban J connectivity index is 1.90. The molecule has 2 rings (SSSR count). The summed E-state index contributed by atoms with van der Waals surface area (Å²) in [6, 6.07) is 8.07. The average molecular weight is 327 g/mol. The Kier molecular flexibility index (Phi) is 7.12. The Morgan fingerprint density at radius 1 is 1.36 bits per heavy atom. The third-order valence-corrected chi connectivity index (χ3v) is 4.78. The Bertz CT molecular complexity index is 458. The molecular weight excluding hydrogens is 300 g/mol. The van der Waals surface area contributed by atoms with Gasteiger partial charge in [0.1, 0.15) is 0 Å². The van der Waals surface area contributed by atoms with Crippen LogP contribution in [0.25, 0.3) is 0 Å². The van der Waals surface area contributed by atoms with Crippen LogP contribution in [-0.2, 0) is 4.74 Å². The van der Waals surface area contributed by atoms with Crippen molar-refractivity contribution in [3.05, 3.63) is 34.9 Å². The quantitative estimate of drug-likeness (QED) is 0.835. The summed E-state index contributed by atoms with van der Waals surface area (Å²) < 4.78 is 5.19. The van der Waals surface area contributed by atoms with E-state index < -0.39 is 6.10 Å². The van der Waals surface area contributed by atoms with E-state index in [0.717, 1.165) is 44.8 Å². The fourth-order valence-electron chi connectivity index (χ4n) is 3.10. The average Bonchev–Trinajstić information content (AvgIpc) is 2.53. The number of ether oxygens (including phenoxy) is 1. The lowest BCUT2D eigenvalue weighted by Crippen LogP contribution is -2.54. The SMILES string of the molecule is CC[C@@H]1CN(C[C@@H](O)c2ccccc2Cl)CCN1CCOC. The number of β-amino-alcohol motifs (C(OH)–C–C–N with tert-alkyl or cyclic N) is 1. The maximum absolute atomic E-state index is 10.5. The van der Waals surface area contributed by atoms with Crippen molar-refractivity contribution in [2.75, 3.05) is 46.4 Å². The first-order valence-electron chi connectivity index (χ1n) is 8.03. The molecule has 1 heterocycles. The van der Waals surface area contributed by atoms with Gasteiger partial charge < -0.3 is 9.84 Å². The van der Waals surface area contributed by atoms with Gasteiger partial charge in [-0.1, -0.05) is 36.7 Å². The number of aliphatic hydroxyl groups excluding tert-OH is 1. The standard InChI is InChI=1S/C17H27ClN2O2/c1-3-14-12-19(8-9-20(14)10-11-22-2)13-17(21)15-6-4-5-7-16(15)18/h4-7,14,17,21H,3,8-13H2,1-2H3/t14-,17-/m1/s1. The van der Waals surface area contributed by atoms with E-state index in [1.165, 1.54) is 0 Å². The maximum atomic E-state index is 10.5. The van der Waals surface area contributed by atoms with Crippen LogP contribution in [0.4, 0.5) is 0 Å². The van der Waals surface area contributed by atoms with Crippen LogP contribution in [0.3, 0.4) is 0 Å². The molecule has 0 spiro atoms. The van der Waals surface area contributed by atoms with Crippen LogP contribution < -0.4 is 0 Å². The van der Waals surface area contributed by atoms with Gasteiger partial charge in [0.2, 0.25) is 0 Å². The van der Waals surface area contributed by atoms with E-state index in [1.807, 2.05) is 24.3 Å². The molecule has 0 aliphatic carbocycles. The molecule has 0 bridgehead atoms. The van der Waals surface area contributed by atoms with Crippen LogP contribution in [0.15, 0.2) is 24.3 Å². The van der Waals surface area contributed by atoms with E-state index in [9.17, 15) is 5.11 Å². The largest absolute Gasteiger partial charge is 0.387 e. The van der Waals surface area contributed by atoms with E-state index in [4.69, 9.17) is 16.3 Å². The minimum atomic E-state index is -0.531. The first-order chi connectivity index (χ1) is 10.7. The second kappa shape index (κ2) is 8.85. The van der Waals surface area contributed by atoms with Crippen molar-refractivity contribution in [1.29, 1.82) is 0 Å². The lowest BCUT2D eigenvalue weighted by Gasteiger charge is -2.41. The van der Waals surface area contributed by atoms with E-state index in [0.29, 0.717) is 17.6 Å². The maximum Gasteiger partial charge on any atom is 0.0931 e. The van der Waals surface area contributed by atoms with Crippen molar-refractivity contribution in [3.8, 4) is 0 Å². The number of methoxy groups -OCH3 is 1. The predicted octanol–water partition coefficient (Wildman–Crippen LogP) is 2.42. The molecule has 0 unspecified atom stereocenters. The van der Waals surface area contributed by atoms with E-state index in [1.54, 1.807) is 7.11 Å². The highest BCUT2D eigenvalue weighted by molar-refractivity contribution is 6.31. The summed E-state index contributed by atoms with van der Waals surface area (Å²) in [5.41, 5.74) is 0.819. The highest BCUT2D eigenvalue weighted by Gasteiger charge is 2.27. The monoisotopic (exact) mass is 326 g/mol. The highest BCUT2D eigenvalue weighted by atomic mass is 35.5. The van der Waals surface area contributed by atoms with E-state index in [2.05, 4.69) is 16.7 Å². The zero-order valence-corrected chi connectivity index (χ0v) is 14.3. The Labute approximate surface area is 138 Å². The fraction of sp³-hybridized carbons (Fsp3) is 0.647. The molecule has 0 radical (unpaired) electrons. The zero-order chi connectivity index (χ0) is 15.9. The van der Waals surface area contributed by atoms with Crippen LogP contribution in [0.1, 0.15) is 25.0 Å². The van der Waals surface area contributed by atoms with Gasteiger partial charge in [0, 0.05) is 56.5 Å². The van der Waals surface area contributed by atoms with Crippen molar-refractivity contribution in [2.24, 2.45) is 0 Å². The molecule has 22 heavy (non-hydrogen) atoms. The zero-order valence-electron chi connectivity index (χ0n) is 13.5. The van der Waals surface area contributed by atoms with Crippen LogP contribution in [-0.4, -0.2) is 67.4 Å². The summed E-state index contributed by atoms with van der Waals surface area (Å²) in [5.74, 6) is 0. The smallest absolute Gasteiger partial charge is 0.0931 e. The van der Waals surface area contributed by atoms with Gasteiger partial charge in [-0.2, -0.15) is 0 Å². The van der Waals surface area contributed by atoms with Gasteiger partial charge in [-0.25, -0.2) is 0 Å². The summed E-state index contributed by atoms with van der Waals surface area (Å²) in [7, 11) is 1.75. The number of hydrogen-bond donors (Lipinski definition) is 1. The lowest BCUT2D eigenvalue weighted by atomic mass is 10.1. The number of halogens is 1. The van der Waals surface area contributed by atoms with Gasteiger partial charge in [0.25, 0.3) is 0 Å². The second-order valence-corrected chi connectivity index (χ2v) is 6.29. The molecule has 4 nitrogen and oxygen atoms in total. The number of hydrogen-bond acceptors (Lipinski definition) is 4. The molecule has 1 aliphatic heterocycles. The molecular formula is C17H27ClN2O2. The predicted molar refractivity (Wildman–Crippen MR) is 90.4 cm³/mol. The van der Waals surface area contributed by atoms with Gasteiger partial charge in [-0.3, -0.25) is 9.80 Å². The van der Waals surface area contributed by atoms with Gasteiger partial charge in [-0.15, -0.1) is 0 Å².